The van der Waals surface area contributed by atoms with Crippen LogP contribution in [0.25, 0.3) is 0 Å². The Bertz CT molecular complexity index is 260. The van der Waals surface area contributed by atoms with E-state index < -0.39 is 0 Å². The van der Waals surface area contributed by atoms with Crippen LogP contribution in [-0.2, 0) is 11.3 Å². The quantitative estimate of drug-likeness (QED) is 0.745. The SMILES string of the molecule is COCCN(C)Cc1ccc(Cl)cc1. The molecule has 1 rings (SSSR count). The highest BCUT2D eigenvalue weighted by Gasteiger charge is 1.99. The molecule has 0 aliphatic heterocycles. The van der Waals surface area contributed by atoms with Crippen molar-refractivity contribution < 1.29 is 4.74 Å². The Morgan fingerprint density at radius 2 is 1.93 bits per heavy atom. The molecule has 0 N–H and O–H groups in total. The first-order valence-corrected chi connectivity index (χ1v) is 5.02. The highest BCUT2D eigenvalue weighted by Crippen LogP contribution is 2.10. The minimum atomic E-state index is 0.768. The summed E-state index contributed by atoms with van der Waals surface area (Å²) in [5, 5.41) is 0.785. The summed E-state index contributed by atoms with van der Waals surface area (Å²) in [7, 11) is 3.80. The molecule has 0 radical (unpaired) electrons. The molecule has 0 unspecified atom stereocenters. The largest absolute Gasteiger partial charge is 0.383 e. The van der Waals surface area contributed by atoms with Crippen molar-refractivity contribution >= 4 is 11.6 Å². The second kappa shape index (κ2) is 6.02. The lowest BCUT2D eigenvalue weighted by Crippen LogP contribution is -2.22. The molecule has 14 heavy (non-hydrogen) atoms. The molecule has 0 fully saturated rings. The molecule has 3 heteroatoms. The van der Waals surface area contributed by atoms with Crippen LogP contribution in [0.1, 0.15) is 5.56 Å². The van der Waals surface area contributed by atoms with Gasteiger partial charge < -0.3 is 4.74 Å². The second-order valence-electron chi connectivity index (χ2n) is 3.36. The van der Waals surface area contributed by atoms with E-state index in [-0.39, 0.29) is 0 Å². The summed E-state index contributed by atoms with van der Waals surface area (Å²) < 4.78 is 5.01. The highest BCUT2D eigenvalue weighted by atomic mass is 35.5. The van der Waals surface area contributed by atoms with E-state index in [1.807, 2.05) is 24.3 Å². The van der Waals surface area contributed by atoms with E-state index in [0.717, 1.165) is 24.7 Å². The van der Waals surface area contributed by atoms with Crippen LogP contribution in [0.2, 0.25) is 5.02 Å². The van der Waals surface area contributed by atoms with Crippen molar-refractivity contribution in [2.45, 2.75) is 6.54 Å². The molecule has 0 aromatic heterocycles. The Hall–Kier alpha value is -0.570. The van der Waals surface area contributed by atoms with Crippen LogP contribution in [0.15, 0.2) is 24.3 Å². The predicted octanol–water partition coefficient (Wildman–Crippen LogP) is 2.42. The van der Waals surface area contributed by atoms with Crippen LogP contribution in [-0.4, -0.2) is 32.2 Å². The average molecular weight is 214 g/mol. The number of hydrogen-bond donors (Lipinski definition) is 0. The number of benzene rings is 1. The van der Waals surface area contributed by atoms with Crippen LogP contribution in [0.3, 0.4) is 0 Å². The number of rotatable bonds is 5. The normalized spacial score (nSPS) is 10.9. The zero-order valence-electron chi connectivity index (χ0n) is 8.66. The summed E-state index contributed by atoms with van der Waals surface area (Å²) in [5.74, 6) is 0. The fraction of sp³-hybridized carbons (Fsp3) is 0.455. The number of hydrogen-bond acceptors (Lipinski definition) is 2. The lowest BCUT2D eigenvalue weighted by atomic mass is 10.2. The second-order valence-corrected chi connectivity index (χ2v) is 3.79. The van der Waals surface area contributed by atoms with Gasteiger partial charge in [0.05, 0.1) is 6.61 Å². The lowest BCUT2D eigenvalue weighted by Gasteiger charge is -2.15. The molecule has 0 spiro atoms. The van der Waals surface area contributed by atoms with Crippen molar-refractivity contribution in [2.75, 3.05) is 27.3 Å². The first-order chi connectivity index (χ1) is 6.72. The van der Waals surface area contributed by atoms with Crippen LogP contribution in [0.5, 0.6) is 0 Å². The molecule has 0 heterocycles. The van der Waals surface area contributed by atoms with Gasteiger partial charge in [-0.3, -0.25) is 4.90 Å². The van der Waals surface area contributed by atoms with Gasteiger partial charge >= 0.3 is 0 Å². The number of nitrogens with zero attached hydrogens (tertiary/aromatic N) is 1. The van der Waals surface area contributed by atoms with E-state index in [0.29, 0.717) is 0 Å². The molecular weight excluding hydrogens is 198 g/mol. The lowest BCUT2D eigenvalue weighted by molar-refractivity contribution is 0.158. The van der Waals surface area contributed by atoms with Crippen LogP contribution in [0, 0.1) is 0 Å². The Labute approximate surface area is 90.4 Å². The number of halogens is 1. The van der Waals surface area contributed by atoms with Crippen molar-refractivity contribution in [1.82, 2.24) is 4.90 Å². The molecule has 78 valence electrons. The van der Waals surface area contributed by atoms with Gasteiger partial charge in [0.15, 0.2) is 0 Å². The minimum absolute atomic E-state index is 0.768. The maximum Gasteiger partial charge on any atom is 0.0589 e. The summed E-state index contributed by atoms with van der Waals surface area (Å²) in [6, 6.07) is 7.93. The number of likely N-dealkylation sites (N-methyl/N-ethyl adjacent to an activating group) is 1. The van der Waals surface area contributed by atoms with E-state index in [1.54, 1.807) is 7.11 Å². The summed E-state index contributed by atoms with van der Waals surface area (Å²) in [6.45, 7) is 2.64. The molecule has 0 bridgehead atoms. The summed E-state index contributed by atoms with van der Waals surface area (Å²) in [5.41, 5.74) is 1.27. The van der Waals surface area contributed by atoms with Gasteiger partial charge in [-0.05, 0) is 24.7 Å². The Morgan fingerprint density at radius 3 is 2.50 bits per heavy atom. The average Bonchev–Trinajstić information content (AvgIpc) is 2.18. The number of methoxy groups -OCH3 is 1. The molecule has 1 aromatic carbocycles. The van der Waals surface area contributed by atoms with E-state index in [4.69, 9.17) is 16.3 Å². The maximum absolute atomic E-state index is 5.80. The molecule has 1 aromatic rings. The first kappa shape index (κ1) is 11.5. The van der Waals surface area contributed by atoms with Gasteiger partial charge in [-0.25, -0.2) is 0 Å². The molecule has 0 aliphatic carbocycles. The number of ether oxygens (including phenoxy) is 1. The Balaban J connectivity index is 2.39. The monoisotopic (exact) mass is 213 g/mol. The van der Waals surface area contributed by atoms with E-state index >= 15 is 0 Å². The Kier molecular flexibility index (Phi) is 4.94. The maximum atomic E-state index is 5.80. The van der Waals surface area contributed by atoms with Crippen LogP contribution in [0.4, 0.5) is 0 Å². The van der Waals surface area contributed by atoms with Gasteiger partial charge in [-0.2, -0.15) is 0 Å². The molecule has 0 amide bonds. The van der Waals surface area contributed by atoms with E-state index in [9.17, 15) is 0 Å². The Morgan fingerprint density at radius 1 is 1.29 bits per heavy atom. The van der Waals surface area contributed by atoms with Gasteiger partial charge in [0.1, 0.15) is 0 Å². The fourth-order valence-corrected chi connectivity index (χ4v) is 1.35. The fourth-order valence-electron chi connectivity index (χ4n) is 1.23. The highest BCUT2D eigenvalue weighted by molar-refractivity contribution is 6.30. The zero-order valence-corrected chi connectivity index (χ0v) is 9.42. The molecule has 2 nitrogen and oxygen atoms in total. The third-order valence-corrected chi connectivity index (χ3v) is 2.29. The molecule has 0 atom stereocenters. The van der Waals surface area contributed by atoms with Crippen LogP contribution >= 0.6 is 11.6 Å². The summed E-state index contributed by atoms with van der Waals surface area (Å²) in [4.78, 5) is 2.22. The topological polar surface area (TPSA) is 12.5 Å². The summed E-state index contributed by atoms with van der Waals surface area (Å²) in [6.07, 6.45) is 0. The standard InChI is InChI=1S/C11H16ClNO/c1-13(7-8-14-2)9-10-3-5-11(12)6-4-10/h3-6H,7-9H2,1-2H3. The van der Waals surface area contributed by atoms with Crippen molar-refractivity contribution in [3.8, 4) is 0 Å². The van der Waals surface area contributed by atoms with Crippen LogP contribution < -0.4 is 0 Å². The third kappa shape index (κ3) is 4.09. The third-order valence-electron chi connectivity index (χ3n) is 2.04. The van der Waals surface area contributed by atoms with Gasteiger partial charge in [-0.15, -0.1) is 0 Å². The zero-order chi connectivity index (χ0) is 10.4. The molecule has 0 aliphatic rings. The predicted molar refractivity (Wildman–Crippen MR) is 59.7 cm³/mol. The van der Waals surface area contributed by atoms with Crippen molar-refractivity contribution in [2.24, 2.45) is 0 Å². The smallest absolute Gasteiger partial charge is 0.0589 e. The minimum Gasteiger partial charge on any atom is -0.383 e. The van der Waals surface area contributed by atoms with E-state index in [2.05, 4.69) is 11.9 Å². The van der Waals surface area contributed by atoms with E-state index in [1.165, 1.54) is 5.56 Å². The van der Waals surface area contributed by atoms with Gasteiger partial charge in [0.25, 0.3) is 0 Å². The van der Waals surface area contributed by atoms with Gasteiger partial charge in [0.2, 0.25) is 0 Å². The summed E-state index contributed by atoms with van der Waals surface area (Å²) >= 11 is 5.80. The van der Waals surface area contributed by atoms with Crippen molar-refractivity contribution in [3.63, 3.8) is 0 Å². The molecule has 0 saturated heterocycles. The van der Waals surface area contributed by atoms with Gasteiger partial charge in [0, 0.05) is 25.2 Å². The van der Waals surface area contributed by atoms with Gasteiger partial charge in [-0.1, -0.05) is 23.7 Å². The molecular formula is C11H16ClNO. The molecule has 0 saturated carbocycles. The van der Waals surface area contributed by atoms with Crippen molar-refractivity contribution in [1.29, 1.82) is 0 Å². The van der Waals surface area contributed by atoms with Crippen molar-refractivity contribution in [3.05, 3.63) is 34.9 Å². The first-order valence-electron chi connectivity index (χ1n) is 4.64.